The van der Waals surface area contributed by atoms with Crippen LogP contribution in [0.4, 0.5) is 0 Å². The number of hydrogen-bond acceptors (Lipinski definition) is 4. The molecule has 0 spiro atoms. The molecule has 0 fully saturated rings. The fraction of sp³-hybridized carbons (Fsp3) is 0.462. The first kappa shape index (κ1) is 17.8. The molecule has 4 N–H and O–H groups in total. The Kier molecular flexibility index (Phi) is 6.51. The minimum absolute atomic E-state index is 0.0325. The molecule has 21 heavy (non-hydrogen) atoms. The van der Waals surface area contributed by atoms with Crippen LogP contribution in [0.1, 0.15) is 30.9 Å². The predicted molar refractivity (Wildman–Crippen MR) is 77.8 cm³/mol. The molecule has 1 aromatic rings. The highest BCUT2D eigenvalue weighted by atomic mass is 31.2. The molecule has 1 amide bonds. The molecule has 0 aliphatic heterocycles. The SMILES string of the molecule is CC(C)c1ccccc1CN(O)C(=O)CNCP(=O)(O)O. The lowest BCUT2D eigenvalue weighted by Gasteiger charge is -2.19. The smallest absolute Gasteiger partial charge is 0.324 e. The van der Waals surface area contributed by atoms with E-state index in [4.69, 9.17) is 9.79 Å². The number of hydrogen-bond donors (Lipinski definition) is 4. The maximum atomic E-state index is 11.7. The molecular weight excluding hydrogens is 295 g/mol. The van der Waals surface area contributed by atoms with Gasteiger partial charge in [-0.25, -0.2) is 5.06 Å². The van der Waals surface area contributed by atoms with Crippen LogP contribution in [0.15, 0.2) is 24.3 Å². The Morgan fingerprint density at radius 3 is 2.52 bits per heavy atom. The van der Waals surface area contributed by atoms with Gasteiger partial charge in [0.25, 0.3) is 5.91 Å². The first-order valence-corrected chi connectivity index (χ1v) is 8.33. The zero-order valence-electron chi connectivity index (χ0n) is 12.1. The number of nitrogens with one attached hydrogen (secondary N) is 1. The molecule has 0 bridgehead atoms. The number of rotatable bonds is 7. The van der Waals surface area contributed by atoms with Crippen molar-refractivity contribution in [1.82, 2.24) is 10.4 Å². The van der Waals surface area contributed by atoms with Gasteiger partial charge in [-0.05, 0) is 17.0 Å². The summed E-state index contributed by atoms with van der Waals surface area (Å²) in [5, 5.41) is 12.6. The highest BCUT2D eigenvalue weighted by molar-refractivity contribution is 7.51. The third-order valence-electron chi connectivity index (χ3n) is 2.88. The van der Waals surface area contributed by atoms with Crippen molar-refractivity contribution in [3.05, 3.63) is 35.4 Å². The van der Waals surface area contributed by atoms with Crippen LogP contribution in [-0.4, -0.2) is 38.8 Å². The van der Waals surface area contributed by atoms with Crippen LogP contribution in [0.3, 0.4) is 0 Å². The van der Waals surface area contributed by atoms with E-state index in [0.29, 0.717) is 5.06 Å². The highest BCUT2D eigenvalue weighted by Gasteiger charge is 2.17. The van der Waals surface area contributed by atoms with Gasteiger partial charge < -0.3 is 9.79 Å². The van der Waals surface area contributed by atoms with E-state index < -0.39 is 19.8 Å². The molecule has 0 radical (unpaired) electrons. The van der Waals surface area contributed by atoms with E-state index in [2.05, 4.69) is 5.32 Å². The number of amides is 1. The molecule has 1 aromatic carbocycles. The number of carbonyl (C=O) groups is 1. The third-order valence-corrected chi connectivity index (χ3v) is 3.51. The Hall–Kier alpha value is -1.24. The molecule has 8 heteroatoms. The molecule has 1 rings (SSSR count). The Bertz CT molecular complexity index is 529. The standard InChI is InChI=1S/C13H21N2O5P/c1-10(2)12-6-4-3-5-11(12)8-15(17)13(16)7-14-9-21(18,19)20/h3-6,10,14,17H,7-9H2,1-2H3,(H2,18,19,20). The van der Waals surface area contributed by atoms with Crippen LogP contribution in [0, 0.1) is 0 Å². The number of hydroxylamine groups is 2. The first-order valence-electron chi connectivity index (χ1n) is 6.53. The highest BCUT2D eigenvalue weighted by Crippen LogP contribution is 2.31. The molecule has 0 aromatic heterocycles. The molecule has 118 valence electrons. The first-order chi connectivity index (χ1) is 9.70. The minimum Gasteiger partial charge on any atom is -0.324 e. The van der Waals surface area contributed by atoms with E-state index in [1.54, 1.807) is 0 Å². The van der Waals surface area contributed by atoms with Crippen LogP contribution < -0.4 is 5.32 Å². The monoisotopic (exact) mass is 316 g/mol. The van der Waals surface area contributed by atoms with Crippen molar-refractivity contribution in [2.24, 2.45) is 0 Å². The zero-order valence-corrected chi connectivity index (χ0v) is 13.0. The second-order valence-electron chi connectivity index (χ2n) is 5.05. The summed E-state index contributed by atoms with van der Waals surface area (Å²) in [5.74, 6) is -0.389. The van der Waals surface area contributed by atoms with Gasteiger partial charge in [-0.1, -0.05) is 38.1 Å². The number of benzene rings is 1. The second-order valence-corrected chi connectivity index (χ2v) is 6.70. The molecule has 0 atom stereocenters. The summed E-state index contributed by atoms with van der Waals surface area (Å²) in [6, 6.07) is 7.48. The van der Waals surface area contributed by atoms with Crippen molar-refractivity contribution in [3.8, 4) is 0 Å². The van der Waals surface area contributed by atoms with Crippen LogP contribution in [0.5, 0.6) is 0 Å². The van der Waals surface area contributed by atoms with Crippen molar-refractivity contribution in [2.75, 3.05) is 12.8 Å². The second kappa shape index (κ2) is 7.68. The number of carbonyl (C=O) groups excluding carboxylic acids is 1. The maximum Gasteiger partial charge on any atom is 0.339 e. The van der Waals surface area contributed by atoms with Gasteiger partial charge in [0.15, 0.2) is 0 Å². The Morgan fingerprint density at radius 2 is 1.95 bits per heavy atom. The fourth-order valence-corrected chi connectivity index (χ4v) is 2.29. The molecule has 0 aliphatic rings. The Labute approximate surface area is 123 Å². The normalized spacial score (nSPS) is 11.7. The van der Waals surface area contributed by atoms with Crippen molar-refractivity contribution in [2.45, 2.75) is 26.3 Å². The van der Waals surface area contributed by atoms with E-state index in [9.17, 15) is 14.6 Å². The summed E-state index contributed by atoms with van der Waals surface area (Å²) < 4.78 is 10.6. The lowest BCUT2D eigenvalue weighted by Crippen LogP contribution is -2.36. The Balaban J connectivity index is 2.59. The van der Waals surface area contributed by atoms with Gasteiger partial charge in [-0.15, -0.1) is 0 Å². The molecule has 0 aliphatic carbocycles. The summed E-state index contributed by atoms with van der Waals surface area (Å²) in [4.78, 5) is 29.0. The van der Waals surface area contributed by atoms with E-state index in [-0.39, 0.29) is 19.0 Å². The molecule has 0 saturated heterocycles. The molecule has 0 heterocycles. The summed E-state index contributed by atoms with van der Waals surface area (Å²) >= 11 is 0. The Morgan fingerprint density at radius 1 is 1.33 bits per heavy atom. The van der Waals surface area contributed by atoms with E-state index in [1.807, 2.05) is 38.1 Å². The summed E-state index contributed by atoms with van der Waals surface area (Å²) in [7, 11) is -4.20. The molecule has 0 unspecified atom stereocenters. The van der Waals surface area contributed by atoms with Gasteiger partial charge in [0, 0.05) is 0 Å². The van der Waals surface area contributed by atoms with Crippen molar-refractivity contribution in [3.63, 3.8) is 0 Å². The topological polar surface area (TPSA) is 110 Å². The van der Waals surface area contributed by atoms with Gasteiger partial charge >= 0.3 is 7.60 Å². The summed E-state index contributed by atoms with van der Waals surface area (Å²) in [6.45, 7) is 3.73. The summed E-state index contributed by atoms with van der Waals surface area (Å²) in [5.41, 5.74) is 1.87. The van der Waals surface area contributed by atoms with Crippen LogP contribution in [0.2, 0.25) is 0 Å². The van der Waals surface area contributed by atoms with Gasteiger partial charge in [0.1, 0.15) is 0 Å². The van der Waals surface area contributed by atoms with E-state index in [1.165, 1.54) is 0 Å². The van der Waals surface area contributed by atoms with Crippen LogP contribution in [0.25, 0.3) is 0 Å². The van der Waals surface area contributed by atoms with Crippen LogP contribution in [-0.2, 0) is 15.9 Å². The average molecular weight is 316 g/mol. The lowest BCUT2D eigenvalue weighted by atomic mass is 9.97. The van der Waals surface area contributed by atoms with Crippen LogP contribution >= 0.6 is 7.60 Å². The third kappa shape index (κ3) is 6.37. The van der Waals surface area contributed by atoms with E-state index >= 15 is 0 Å². The lowest BCUT2D eigenvalue weighted by molar-refractivity contribution is -0.166. The van der Waals surface area contributed by atoms with Crippen molar-refractivity contribution >= 4 is 13.5 Å². The summed E-state index contributed by atoms with van der Waals surface area (Å²) in [6.07, 6.45) is -0.602. The molecule has 0 saturated carbocycles. The van der Waals surface area contributed by atoms with Crippen molar-refractivity contribution < 1.29 is 24.4 Å². The van der Waals surface area contributed by atoms with Gasteiger partial charge in [0.05, 0.1) is 19.4 Å². The molecular formula is C13H21N2O5P. The largest absolute Gasteiger partial charge is 0.339 e. The predicted octanol–water partition coefficient (Wildman–Crippen LogP) is 1.25. The maximum absolute atomic E-state index is 11.7. The number of nitrogens with zero attached hydrogens (tertiary/aromatic N) is 1. The fourth-order valence-electron chi connectivity index (χ4n) is 1.89. The molecule has 7 nitrogen and oxygen atoms in total. The minimum atomic E-state index is -4.20. The van der Waals surface area contributed by atoms with E-state index in [0.717, 1.165) is 11.1 Å². The van der Waals surface area contributed by atoms with Gasteiger partial charge in [-0.2, -0.15) is 0 Å². The van der Waals surface area contributed by atoms with Gasteiger partial charge in [-0.3, -0.25) is 19.9 Å². The van der Waals surface area contributed by atoms with Gasteiger partial charge in [0.2, 0.25) is 0 Å². The van der Waals surface area contributed by atoms with Crippen molar-refractivity contribution in [1.29, 1.82) is 0 Å². The average Bonchev–Trinajstić information content (AvgIpc) is 2.37. The zero-order chi connectivity index (χ0) is 16.0. The quantitative estimate of drug-likeness (QED) is 0.342.